The number of aryl methyl sites for hydroxylation is 2. The maximum Gasteiger partial charge on any atom is 0.238 e. The van der Waals surface area contributed by atoms with Gasteiger partial charge in [0.1, 0.15) is 12.4 Å². The summed E-state index contributed by atoms with van der Waals surface area (Å²) >= 11 is 0. The van der Waals surface area contributed by atoms with Crippen molar-refractivity contribution in [1.29, 1.82) is 0 Å². The lowest BCUT2D eigenvalue weighted by Crippen LogP contribution is -2.33. The van der Waals surface area contributed by atoms with Crippen molar-refractivity contribution < 1.29 is 17.9 Å². The first kappa shape index (κ1) is 21.9. The molecule has 7 nitrogen and oxygen atoms in total. The second-order valence-electron chi connectivity index (χ2n) is 6.86. The summed E-state index contributed by atoms with van der Waals surface area (Å²) in [6.45, 7) is 6.73. The SMILES string of the molecule is Cc1ccccc1OCCN(C)CC(=O)Nc1cc(S(N)(=O)=O)cc(C)c1C. The zero-order valence-electron chi connectivity index (χ0n) is 16.7. The molecular formula is C20H27N3O4S. The van der Waals surface area contributed by atoms with Gasteiger partial charge in [0.25, 0.3) is 0 Å². The van der Waals surface area contributed by atoms with Crippen molar-refractivity contribution in [3.8, 4) is 5.75 Å². The number of ether oxygens (including phenoxy) is 1. The number of para-hydroxylation sites is 1. The van der Waals surface area contributed by atoms with Crippen LogP contribution in [0.4, 0.5) is 5.69 Å². The van der Waals surface area contributed by atoms with Gasteiger partial charge in [-0.15, -0.1) is 0 Å². The summed E-state index contributed by atoms with van der Waals surface area (Å²) in [4.78, 5) is 14.2. The topological polar surface area (TPSA) is 102 Å². The molecule has 2 aromatic rings. The number of sulfonamides is 1. The van der Waals surface area contributed by atoms with Crippen LogP contribution in [0.2, 0.25) is 0 Å². The zero-order chi connectivity index (χ0) is 20.9. The van der Waals surface area contributed by atoms with E-state index in [1.165, 1.54) is 12.1 Å². The molecule has 0 aliphatic carbocycles. The van der Waals surface area contributed by atoms with Gasteiger partial charge in [-0.3, -0.25) is 9.69 Å². The molecule has 2 rings (SSSR count). The highest BCUT2D eigenvalue weighted by Crippen LogP contribution is 2.23. The van der Waals surface area contributed by atoms with Crippen LogP contribution in [-0.4, -0.2) is 46.0 Å². The molecule has 3 N–H and O–H groups in total. The predicted molar refractivity (Wildman–Crippen MR) is 110 cm³/mol. The molecule has 0 aliphatic rings. The van der Waals surface area contributed by atoms with Crippen LogP contribution in [-0.2, 0) is 14.8 Å². The van der Waals surface area contributed by atoms with E-state index in [1.54, 1.807) is 6.92 Å². The molecule has 0 saturated carbocycles. The summed E-state index contributed by atoms with van der Waals surface area (Å²) in [7, 11) is -2.02. The summed E-state index contributed by atoms with van der Waals surface area (Å²) in [5.41, 5.74) is 3.04. The number of primary sulfonamides is 1. The summed E-state index contributed by atoms with van der Waals surface area (Å²) in [6.07, 6.45) is 0. The van der Waals surface area contributed by atoms with Crippen molar-refractivity contribution in [3.05, 3.63) is 53.1 Å². The van der Waals surface area contributed by atoms with E-state index in [-0.39, 0.29) is 17.3 Å². The number of hydrogen-bond donors (Lipinski definition) is 2. The maximum atomic E-state index is 12.4. The molecule has 0 aromatic heterocycles. The van der Waals surface area contributed by atoms with Crippen molar-refractivity contribution in [1.82, 2.24) is 4.90 Å². The van der Waals surface area contributed by atoms with Crippen LogP contribution in [0.25, 0.3) is 0 Å². The molecule has 0 bridgehead atoms. The van der Waals surface area contributed by atoms with Gasteiger partial charge in [0, 0.05) is 12.2 Å². The zero-order valence-corrected chi connectivity index (χ0v) is 17.5. The molecule has 0 spiro atoms. The molecule has 0 saturated heterocycles. The van der Waals surface area contributed by atoms with Crippen molar-refractivity contribution in [2.75, 3.05) is 32.1 Å². The van der Waals surface area contributed by atoms with Gasteiger partial charge in [0.2, 0.25) is 15.9 Å². The Kier molecular flexibility index (Phi) is 7.17. The summed E-state index contributed by atoms with van der Waals surface area (Å²) < 4.78 is 29.0. The molecule has 28 heavy (non-hydrogen) atoms. The van der Waals surface area contributed by atoms with E-state index in [0.29, 0.717) is 18.8 Å². The quantitative estimate of drug-likeness (QED) is 0.701. The molecule has 0 heterocycles. The van der Waals surface area contributed by atoms with Crippen LogP contribution >= 0.6 is 0 Å². The molecule has 0 atom stereocenters. The number of benzene rings is 2. The van der Waals surface area contributed by atoms with E-state index >= 15 is 0 Å². The summed E-state index contributed by atoms with van der Waals surface area (Å²) in [6, 6.07) is 10.6. The average molecular weight is 406 g/mol. The Bertz CT molecular complexity index is 958. The highest BCUT2D eigenvalue weighted by molar-refractivity contribution is 7.89. The number of carbonyl (C=O) groups is 1. The fraction of sp³-hybridized carbons (Fsp3) is 0.350. The number of amides is 1. The fourth-order valence-corrected chi connectivity index (χ4v) is 3.29. The van der Waals surface area contributed by atoms with Crippen molar-refractivity contribution in [3.63, 3.8) is 0 Å². The molecule has 0 radical (unpaired) electrons. The van der Waals surface area contributed by atoms with Gasteiger partial charge >= 0.3 is 0 Å². The summed E-state index contributed by atoms with van der Waals surface area (Å²) in [5.74, 6) is 0.582. The van der Waals surface area contributed by atoms with E-state index in [1.807, 2.05) is 50.1 Å². The van der Waals surface area contributed by atoms with Crippen LogP contribution in [0.15, 0.2) is 41.3 Å². The van der Waals surface area contributed by atoms with Crippen molar-refractivity contribution in [2.24, 2.45) is 5.14 Å². The lowest BCUT2D eigenvalue weighted by atomic mass is 10.1. The second kappa shape index (κ2) is 9.18. The van der Waals surface area contributed by atoms with Gasteiger partial charge in [0.05, 0.1) is 11.4 Å². The second-order valence-corrected chi connectivity index (χ2v) is 8.42. The Morgan fingerprint density at radius 3 is 2.46 bits per heavy atom. The number of hydrogen-bond acceptors (Lipinski definition) is 5. The number of likely N-dealkylation sites (N-methyl/N-ethyl adjacent to an activating group) is 1. The third-order valence-corrected chi connectivity index (χ3v) is 5.37. The van der Waals surface area contributed by atoms with Crippen molar-refractivity contribution in [2.45, 2.75) is 25.7 Å². The average Bonchev–Trinajstić information content (AvgIpc) is 2.59. The van der Waals surface area contributed by atoms with Gasteiger partial charge in [0.15, 0.2) is 0 Å². The molecule has 152 valence electrons. The minimum Gasteiger partial charge on any atom is -0.492 e. The minimum absolute atomic E-state index is 0.0223. The van der Waals surface area contributed by atoms with E-state index < -0.39 is 10.0 Å². The largest absolute Gasteiger partial charge is 0.492 e. The number of anilines is 1. The first-order valence-electron chi connectivity index (χ1n) is 8.89. The smallest absolute Gasteiger partial charge is 0.238 e. The third-order valence-electron chi connectivity index (χ3n) is 4.48. The lowest BCUT2D eigenvalue weighted by molar-refractivity contribution is -0.117. The fourth-order valence-electron chi connectivity index (χ4n) is 2.66. The number of rotatable bonds is 8. The van der Waals surface area contributed by atoms with Crippen LogP contribution in [0, 0.1) is 20.8 Å². The summed E-state index contributed by atoms with van der Waals surface area (Å²) in [5, 5.41) is 7.98. The van der Waals surface area contributed by atoms with Gasteiger partial charge in [-0.25, -0.2) is 13.6 Å². The Balaban J connectivity index is 1.93. The Morgan fingerprint density at radius 2 is 1.82 bits per heavy atom. The monoisotopic (exact) mass is 405 g/mol. The van der Waals surface area contributed by atoms with Crippen LogP contribution in [0.1, 0.15) is 16.7 Å². The molecule has 0 aliphatic heterocycles. The van der Waals surface area contributed by atoms with E-state index in [4.69, 9.17) is 9.88 Å². The third kappa shape index (κ3) is 6.05. The molecule has 0 fully saturated rings. The molecular weight excluding hydrogens is 378 g/mol. The highest BCUT2D eigenvalue weighted by atomic mass is 32.2. The minimum atomic E-state index is -3.84. The Hall–Kier alpha value is -2.42. The number of nitrogens with two attached hydrogens (primary N) is 1. The number of nitrogens with one attached hydrogen (secondary N) is 1. The van der Waals surface area contributed by atoms with Crippen molar-refractivity contribution >= 4 is 21.6 Å². The molecule has 8 heteroatoms. The molecule has 0 unspecified atom stereocenters. The maximum absolute atomic E-state index is 12.4. The van der Waals surface area contributed by atoms with Gasteiger partial charge < -0.3 is 10.1 Å². The van der Waals surface area contributed by atoms with Gasteiger partial charge in [-0.1, -0.05) is 18.2 Å². The number of carbonyl (C=O) groups excluding carboxylic acids is 1. The highest BCUT2D eigenvalue weighted by Gasteiger charge is 2.15. The van der Waals surface area contributed by atoms with Crippen LogP contribution in [0.3, 0.4) is 0 Å². The molecule has 1 amide bonds. The standard InChI is InChI=1S/C20H27N3O4S/c1-14-7-5-6-8-19(14)27-10-9-23(4)13-20(24)22-18-12-17(28(21,25)26)11-15(2)16(18)3/h5-8,11-12H,9-10,13H2,1-4H3,(H,22,24)(H2,21,25,26). The van der Waals surface area contributed by atoms with E-state index in [0.717, 1.165) is 22.4 Å². The predicted octanol–water partition coefficient (Wildman–Crippen LogP) is 2.21. The van der Waals surface area contributed by atoms with Crippen LogP contribution in [0.5, 0.6) is 5.75 Å². The normalized spacial score (nSPS) is 11.5. The number of nitrogens with zero attached hydrogens (tertiary/aromatic N) is 1. The Labute approximate surface area is 166 Å². The van der Waals surface area contributed by atoms with E-state index in [9.17, 15) is 13.2 Å². The first-order chi connectivity index (χ1) is 13.1. The Morgan fingerprint density at radius 1 is 1.14 bits per heavy atom. The first-order valence-corrected chi connectivity index (χ1v) is 10.4. The van der Waals surface area contributed by atoms with E-state index in [2.05, 4.69) is 5.32 Å². The van der Waals surface area contributed by atoms with Gasteiger partial charge in [-0.05, 0) is 62.7 Å². The molecule has 2 aromatic carbocycles. The van der Waals surface area contributed by atoms with Gasteiger partial charge in [-0.2, -0.15) is 0 Å². The van der Waals surface area contributed by atoms with Crippen LogP contribution < -0.4 is 15.2 Å². The lowest BCUT2D eigenvalue weighted by Gasteiger charge is -2.18.